The van der Waals surface area contributed by atoms with Gasteiger partial charge in [0.25, 0.3) is 5.91 Å². The predicted molar refractivity (Wildman–Crippen MR) is 142 cm³/mol. The van der Waals surface area contributed by atoms with Crippen LogP contribution in [0.25, 0.3) is 0 Å². The number of hydrogen-bond acceptors (Lipinski definition) is 4. The van der Waals surface area contributed by atoms with Gasteiger partial charge < -0.3 is 15.0 Å². The van der Waals surface area contributed by atoms with Crippen molar-refractivity contribution in [1.29, 1.82) is 0 Å². The molecule has 3 unspecified atom stereocenters. The molecule has 5 nitrogen and oxygen atoms in total. The second-order valence-corrected chi connectivity index (χ2v) is 8.83. The van der Waals surface area contributed by atoms with E-state index in [1.165, 1.54) is 11.1 Å². The molecule has 184 valence electrons. The van der Waals surface area contributed by atoms with Gasteiger partial charge in [-0.2, -0.15) is 0 Å². The lowest BCUT2D eigenvalue weighted by molar-refractivity contribution is 0.0688. The van der Waals surface area contributed by atoms with Gasteiger partial charge in [-0.1, -0.05) is 24.3 Å². The summed E-state index contributed by atoms with van der Waals surface area (Å²) in [5.74, 6) is 1.08. The molecular weight excluding hydrogens is 457 g/mol. The van der Waals surface area contributed by atoms with E-state index in [2.05, 4.69) is 61.4 Å². The Balaban J connectivity index is 0.00000272. The average molecular weight is 497 g/mol. The van der Waals surface area contributed by atoms with E-state index in [1.54, 1.807) is 7.11 Å². The highest BCUT2D eigenvalue weighted by Gasteiger charge is 2.42. The second kappa shape index (κ2) is 12.6. The van der Waals surface area contributed by atoms with Gasteiger partial charge in [0, 0.05) is 49.2 Å². The standard InChI is InChI=1S/C26H37N3O2.2ClH/c1-7-29(8-2)25(30)21-14-12-20(13-15-21)24(22-10-9-11-23(16-22)31-6)26(4)18-27-19(3)17-28(26)5;;/h9-16,19,24,27H,7-8,17-18H2,1-6H3;2*1H. The molecule has 1 saturated heterocycles. The minimum atomic E-state index is -0.122. The lowest BCUT2D eigenvalue weighted by Crippen LogP contribution is -2.63. The lowest BCUT2D eigenvalue weighted by Gasteiger charge is -2.50. The molecule has 33 heavy (non-hydrogen) atoms. The molecule has 0 saturated carbocycles. The lowest BCUT2D eigenvalue weighted by atomic mass is 9.73. The Hall–Kier alpha value is -1.79. The van der Waals surface area contributed by atoms with Gasteiger partial charge in [0.15, 0.2) is 0 Å². The monoisotopic (exact) mass is 495 g/mol. The van der Waals surface area contributed by atoms with Gasteiger partial charge in [-0.05, 0) is 70.1 Å². The zero-order valence-electron chi connectivity index (χ0n) is 20.6. The van der Waals surface area contributed by atoms with Crippen molar-refractivity contribution in [3.05, 3.63) is 65.2 Å². The molecule has 1 N–H and O–H groups in total. The Labute approximate surface area is 211 Å². The van der Waals surface area contributed by atoms with Gasteiger partial charge in [0.05, 0.1) is 7.11 Å². The maximum absolute atomic E-state index is 12.8. The van der Waals surface area contributed by atoms with Crippen LogP contribution in [0.5, 0.6) is 5.75 Å². The smallest absolute Gasteiger partial charge is 0.253 e. The van der Waals surface area contributed by atoms with Crippen LogP contribution in [0.15, 0.2) is 48.5 Å². The molecule has 0 bridgehead atoms. The fourth-order valence-electron chi connectivity index (χ4n) is 4.77. The number of likely N-dealkylation sites (N-methyl/N-ethyl adjacent to an activating group) is 1. The van der Waals surface area contributed by atoms with Crippen LogP contribution in [0.3, 0.4) is 0 Å². The molecule has 2 aromatic rings. The fourth-order valence-corrected chi connectivity index (χ4v) is 4.77. The molecule has 0 spiro atoms. The highest BCUT2D eigenvalue weighted by molar-refractivity contribution is 5.94. The van der Waals surface area contributed by atoms with Crippen molar-refractivity contribution in [3.63, 3.8) is 0 Å². The Morgan fingerprint density at radius 1 is 1.15 bits per heavy atom. The molecule has 0 aliphatic carbocycles. The van der Waals surface area contributed by atoms with Crippen LogP contribution < -0.4 is 10.1 Å². The Kier molecular flexibility index (Phi) is 11.2. The van der Waals surface area contributed by atoms with E-state index >= 15 is 0 Å². The number of methoxy groups -OCH3 is 1. The zero-order chi connectivity index (χ0) is 22.6. The highest BCUT2D eigenvalue weighted by atomic mass is 35.5. The third-order valence-electron chi connectivity index (χ3n) is 6.82. The molecule has 1 heterocycles. The van der Waals surface area contributed by atoms with E-state index in [1.807, 2.05) is 36.9 Å². The van der Waals surface area contributed by atoms with Gasteiger partial charge in [-0.25, -0.2) is 0 Å². The van der Waals surface area contributed by atoms with E-state index in [0.29, 0.717) is 6.04 Å². The quantitative estimate of drug-likeness (QED) is 0.596. The molecule has 3 atom stereocenters. The van der Waals surface area contributed by atoms with Crippen LogP contribution in [0.4, 0.5) is 0 Å². The summed E-state index contributed by atoms with van der Waals surface area (Å²) < 4.78 is 5.53. The van der Waals surface area contributed by atoms with Crippen molar-refractivity contribution < 1.29 is 9.53 Å². The number of carbonyl (C=O) groups is 1. The third kappa shape index (κ3) is 6.21. The molecule has 2 aromatic carbocycles. The first kappa shape index (κ1) is 29.2. The summed E-state index contributed by atoms with van der Waals surface area (Å²) in [4.78, 5) is 17.1. The van der Waals surface area contributed by atoms with Crippen LogP contribution in [-0.2, 0) is 0 Å². The largest absolute Gasteiger partial charge is 0.497 e. The van der Waals surface area contributed by atoms with Crippen molar-refractivity contribution >= 4 is 30.7 Å². The van der Waals surface area contributed by atoms with Crippen LogP contribution in [0, 0.1) is 0 Å². The molecule has 1 amide bonds. The van der Waals surface area contributed by atoms with Crippen LogP contribution >= 0.6 is 24.8 Å². The number of benzene rings is 2. The van der Waals surface area contributed by atoms with Crippen molar-refractivity contribution in [2.75, 3.05) is 40.3 Å². The summed E-state index contributed by atoms with van der Waals surface area (Å²) in [6.45, 7) is 11.9. The topological polar surface area (TPSA) is 44.8 Å². The first-order chi connectivity index (χ1) is 14.8. The minimum absolute atomic E-state index is 0. The maximum atomic E-state index is 12.8. The van der Waals surface area contributed by atoms with Gasteiger partial charge in [-0.3, -0.25) is 9.69 Å². The SMILES string of the molecule is CCN(CC)C(=O)c1ccc(C(c2cccc(OC)c2)C2(C)CNC(C)CN2C)cc1.Cl.Cl. The minimum Gasteiger partial charge on any atom is -0.497 e. The third-order valence-corrected chi connectivity index (χ3v) is 6.82. The van der Waals surface area contributed by atoms with E-state index < -0.39 is 0 Å². The normalized spacial score (nSPS) is 21.3. The van der Waals surface area contributed by atoms with Gasteiger partial charge in [0.1, 0.15) is 5.75 Å². The number of nitrogens with zero attached hydrogens (tertiary/aromatic N) is 2. The van der Waals surface area contributed by atoms with E-state index in [-0.39, 0.29) is 42.2 Å². The van der Waals surface area contributed by atoms with E-state index in [9.17, 15) is 4.79 Å². The highest BCUT2D eigenvalue weighted by Crippen LogP contribution is 2.40. The number of halogens is 2. The molecule has 7 heteroatoms. The Morgan fingerprint density at radius 3 is 2.33 bits per heavy atom. The number of rotatable bonds is 7. The first-order valence-electron chi connectivity index (χ1n) is 11.3. The number of carbonyl (C=O) groups excluding carboxylic acids is 1. The number of hydrogen-bond donors (Lipinski definition) is 1. The number of ether oxygens (including phenoxy) is 1. The molecule has 1 aliphatic heterocycles. The predicted octanol–water partition coefficient (Wildman–Crippen LogP) is 4.83. The van der Waals surface area contributed by atoms with Crippen molar-refractivity contribution in [1.82, 2.24) is 15.1 Å². The summed E-state index contributed by atoms with van der Waals surface area (Å²) in [5.41, 5.74) is 3.04. The summed E-state index contributed by atoms with van der Waals surface area (Å²) in [6, 6.07) is 17.0. The Morgan fingerprint density at radius 2 is 1.79 bits per heavy atom. The summed E-state index contributed by atoms with van der Waals surface area (Å²) in [7, 11) is 3.92. The molecule has 0 radical (unpaired) electrons. The van der Waals surface area contributed by atoms with Crippen LogP contribution in [-0.4, -0.2) is 67.6 Å². The van der Waals surface area contributed by atoms with Gasteiger partial charge in [0.2, 0.25) is 0 Å². The van der Waals surface area contributed by atoms with Gasteiger partial charge in [-0.15, -0.1) is 24.8 Å². The van der Waals surface area contributed by atoms with Crippen LogP contribution in [0.1, 0.15) is 55.1 Å². The molecular formula is C26H39Cl2N3O2. The average Bonchev–Trinajstić information content (AvgIpc) is 2.78. The molecule has 0 aromatic heterocycles. The zero-order valence-corrected chi connectivity index (χ0v) is 22.3. The van der Waals surface area contributed by atoms with Crippen LogP contribution in [0.2, 0.25) is 0 Å². The number of piperazine rings is 1. The number of amides is 1. The van der Waals surface area contributed by atoms with Crippen molar-refractivity contribution in [2.24, 2.45) is 0 Å². The maximum Gasteiger partial charge on any atom is 0.253 e. The summed E-state index contributed by atoms with van der Waals surface area (Å²) in [6.07, 6.45) is 0. The molecule has 3 rings (SSSR count). The Bertz CT molecular complexity index is 889. The fraction of sp³-hybridized carbons (Fsp3) is 0.500. The molecule has 1 aliphatic rings. The van der Waals surface area contributed by atoms with Gasteiger partial charge >= 0.3 is 0 Å². The second-order valence-electron chi connectivity index (χ2n) is 8.83. The van der Waals surface area contributed by atoms with E-state index in [0.717, 1.165) is 37.5 Å². The molecule has 1 fully saturated rings. The number of nitrogens with one attached hydrogen (secondary N) is 1. The first-order valence-corrected chi connectivity index (χ1v) is 11.3. The van der Waals surface area contributed by atoms with Crippen molar-refractivity contribution in [3.8, 4) is 5.75 Å². The summed E-state index contributed by atoms with van der Waals surface area (Å²) >= 11 is 0. The summed E-state index contributed by atoms with van der Waals surface area (Å²) in [5, 5.41) is 3.68. The van der Waals surface area contributed by atoms with E-state index in [4.69, 9.17) is 4.74 Å². The van der Waals surface area contributed by atoms with Crippen molar-refractivity contribution in [2.45, 2.75) is 45.2 Å².